The molecule has 0 saturated heterocycles. The van der Waals surface area contributed by atoms with Crippen molar-refractivity contribution in [2.75, 3.05) is 13.2 Å². The molecule has 33 heavy (non-hydrogen) atoms. The lowest BCUT2D eigenvalue weighted by Crippen LogP contribution is -2.19. The molecule has 1 heterocycles. The number of imidazole rings is 1. The molecule has 0 aliphatic rings. The molecule has 0 amide bonds. The Labute approximate surface area is 191 Å². The Morgan fingerprint density at radius 2 is 1.73 bits per heavy atom. The van der Waals surface area contributed by atoms with Gasteiger partial charge in [0, 0.05) is 20.6 Å². The van der Waals surface area contributed by atoms with E-state index in [1.165, 1.54) is 6.07 Å². The van der Waals surface area contributed by atoms with E-state index in [1.54, 1.807) is 35.4 Å². The largest absolute Gasteiger partial charge is 0.491 e. The molecule has 7 heteroatoms. The number of aliphatic hydroxyl groups is 1. The van der Waals surface area contributed by atoms with Gasteiger partial charge in [0.1, 0.15) is 24.3 Å². The Bertz CT molecular complexity index is 1290. The summed E-state index contributed by atoms with van der Waals surface area (Å²) in [7, 11) is 3.44. The highest BCUT2D eigenvalue weighted by molar-refractivity contribution is 5.77. The zero-order valence-electron chi connectivity index (χ0n) is 18.8. The van der Waals surface area contributed by atoms with Crippen LogP contribution >= 0.6 is 0 Å². The minimum Gasteiger partial charge on any atom is -0.491 e. The van der Waals surface area contributed by atoms with E-state index in [4.69, 9.17) is 4.74 Å². The number of rotatable bonds is 9. The second-order valence-electron chi connectivity index (χ2n) is 8.14. The van der Waals surface area contributed by atoms with Crippen LogP contribution in [0, 0.1) is 5.82 Å². The van der Waals surface area contributed by atoms with E-state index < -0.39 is 6.10 Å². The van der Waals surface area contributed by atoms with E-state index in [0.29, 0.717) is 36.4 Å². The van der Waals surface area contributed by atoms with Crippen LogP contribution in [-0.4, -0.2) is 27.4 Å². The van der Waals surface area contributed by atoms with Crippen molar-refractivity contribution in [3.63, 3.8) is 0 Å². The van der Waals surface area contributed by atoms with Gasteiger partial charge in [-0.05, 0) is 60.0 Å². The predicted octanol–water partition coefficient (Wildman–Crippen LogP) is 3.46. The molecule has 6 nitrogen and oxygen atoms in total. The van der Waals surface area contributed by atoms with Gasteiger partial charge >= 0.3 is 5.69 Å². The molecule has 0 bridgehead atoms. The summed E-state index contributed by atoms with van der Waals surface area (Å²) in [5, 5.41) is 13.9. The van der Waals surface area contributed by atoms with Gasteiger partial charge in [-0.1, -0.05) is 36.4 Å². The van der Waals surface area contributed by atoms with Gasteiger partial charge in [-0.25, -0.2) is 9.18 Å². The number of hydrogen-bond donors (Lipinski definition) is 2. The van der Waals surface area contributed by atoms with Gasteiger partial charge in [-0.2, -0.15) is 0 Å². The first-order valence-electron chi connectivity index (χ1n) is 10.9. The van der Waals surface area contributed by atoms with E-state index in [-0.39, 0.29) is 18.1 Å². The number of ether oxygens (including phenoxy) is 1. The fourth-order valence-electron chi connectivity index (χ4n) is 3.86. The van der Waals surface area contributed by atoms with E-state index in [1.807, 2.05) is 48.5 Å². The Morgan fingerprint density at radius 1 is 1.00 bits per heavy atom. The van der Waals surface area contributed by atoms with Gasteiger partial charge in [0.2, 0.25) is 0 Å². The zero-order valence-corrected chi connectivity index (χ0v) is 18.8. The molecule has 2 N–H and O–H groups in total. The summed E-state index contributed by atoms with van der Waals surface area (Å²) in [4.78, 5) is 12.1. The molecule has 0 fully saturated rings. The third-order valence-corrected chi connectivity index (χ3v) is 5.87. The minimum absolute atomic E-state index is 0.102. The van der Waals surface area contributed by atoms with Crippen LogP contribution in [0.15, 0.2) is 71.5 Å². The summed E-state index contributed by atoms with van der Waals surface area (Å²) < 4.78 is 22.6. The quantitative estimate of drug-likeness (QED) is 0.384. The lowest BCUT2D eigenvalue weighted by Gasteiger charge is -2.14. The molecule has 172 valence electrons. The van der Waals surface area contributed by atoms with Gasteiger partial charge < -0.3 is 15.2 Å². The average molecular weight is 450 g/mol. The Hall–Kier alpha value is -3.42. The molecular formula is C26H28FN3O3. The molecule has 0 aliphatic heterocycles. The van der Waals surface area contributed by atoms with E-state index in [0.717, 1.165) is 16.6 Å². The molecule has 0 spiro atoms. The van der Waals surface area contributed by atoms with Crippen molar-refractivity contribution in [3.8, 4) is 5.75 Å². The summed E-state index contributed by atoms with van der Waals surface area (Å²) in [5.41, 5.74) is 3.98. The van der Waals surface area contributed by atoms with Gasteiger partial charge in [-0.15, -0.1) is 0 Å². The summed E-state index contributed by atoms with van der Waals surface area (Å²) in [6.45, 7) is 1.46. The second-order valence-corrected chi connectivity index (χ2v) is 8.14. The highest BCUT2D eigenvalue weighted by Crippen LogP contribution is 2.21. The first kappa shape index (κ1) is 22.8. The summed E-state index contributed by atoms with van der Waals surface area (Å²) >= 11 is 0. The van der Waals surface area contributed by atoms with Crippen molar-refractivity contribution < 1.29 is 14.2 Å². The van der Waals surface area contributed by atoms with Crippen LogP contribution in [0.1, 0.15) is 22.8 Å². The fourth-order valence-corrected chi connectivity index (χ4v) is 3.86. The lowest BCUT2D eigenvalue weighted by molar-refractivity contribution is 0.108. The molecule has 4 rings (SSSR count). The van der Waals surface area contributed by atoms with Crippen LogP contribution in [0.5, 0.6) is 5.75 Å². The van der Waals surface area contributed by atoms with E-state index >= 15 is 0 Å². The van der Waals surface area contributed by atoms with E-state index in [9.17, 15) is 14.3 Å². The topological polar surface area (TPSA) is 68.4 Å². The van der Waals surface area contributed by atoms with Crippen LogP contribution in [0.2, 0.25) is 0 Å². The van der Waals surface area contributed by atoms with Gasteiger partial charge in [0.15, 0.2) is 0 Å². The predicted molar refractivity (Wildman–Crippen MR) is 127 cm³/mol. The summed E-state index contributed by atoms with van der Waals surface area (Å²) in [6, 6.07) is 19.9. The third-order valence-electron chi connectivity index (χ3n) is 5.87. The maximum atomic E-state index is 13.7. The number of hydrogen-bond acceptors (Lipinski definition) is 4. The summed E-state index contributed by atoms with van der Waals surface area (Å²) in [6.07, 6.45) is -0.182. The monoisotopic (exact) mass is 449 g/mol. The second kappa shape index (κ2) is 10.0. The Kier molecular flexibility index (Phi) is 6.91. The van der Waals surface area contributed by atoms with Crippen LogP contribution in [0.4, 0.5) is 4.39 Å². The Morgan fingerprint density at radius 3 is 2.48 bits per heavy atom. The molecule has 3 aromatic carbocycles. The lowest BCUT2D eigenvalue weighted by atomic mass is 10.1. The number of fused-ring (bicyclic) bond motifs is 1. The molecular weight excluding hydrogens is 421 g/mol. The molecule has 0 aliphatic carbocycles. The van der Waals surface area contributed by atoms with Crippen molar-refractivity contribution in [2.24, 2.45) is 14.1 Å². The van der Waals surface area contributed by atoms with Gasteiger partial charge in [-0.3, -0.25) is 9.13 Å². The number of nitrogens with one attached hydrogen (secondary N) is 1. The fraction of sp³-hybridized carbons (Fsp3) is 0.269. The first-order chi connectivity index (χ1) is 15.9. The number of nitrogens with zero attached hydrogens (tertiary/aromatic N) is 2. The zero-order chi connectivity index (χ0) is 23.4. The number of halogens is 1. The van der Waals surface area contributed by atoms with Crippen LogP contribution in [0.25, 0.3) is 11.0 Å². The molecule has 0 unspecified atom stereocenters. The maximum Gasteiger partial charge on any atom is 0.328 e. The van der Waals surface area contributed by atoms with Crippen molar-refractivity contribution in [1.82, 2.24) is 14.5 Å². The van der Waals surface area contributed by atoms with Crippen molar-refractivity contribution in [3.05, 3.63) is 99.7 Å². The average Bonchev–Trinajstić information content (AvgIpc) is 3.05. The highest BCUT2D eigenvalue weighted by atomic mass is 19.1. The smallest absolute Gasteiger partial charge is 0.328 e. The third kappa shape index (κ3) is 5.16. The van der Waals surface area contributed by atoms with Crippen LogP contribution in [-0.2, 0) is 27.1 Å². The number of aromatic nitrogens is 2. The van der Waals surface area contributed by atoms with Crippen molar-refractivity contribution in [1.29, 1.82) is 0 Å². The number of aliphatic hydroxyl groups excluding tert-OH is 1. The summed E-state index contributed by atoms with van der Waals surface area (Å²) in [5.74, 6) is 0.494. The molecule has 4 aromatic rings. The normalized spacial score (nSPS) is 12.2. The molecule has 1 aromatic heterocycles. The maximum absolute atomic E-state index is 13.7. The molecule has 0 saturated carbocycles. The molecule has 1 atom stereocenters. The van der Waals surface area contributed by atoms with E-state index in [2.05, 4.69) is 5.32 Å². The minimum atomic E-state index is -0.815. The van der Waals surface area contributed by atoms with Gasteiger partial charge in [0.25, 0.3) is 0 Å². The van der Waals surface area contributed by atoms with Crippen molar-refractivity contribution in [2.45, 2.75) is 19.1 Å². The van der Waals surface area contributed by atoms with Gasteiger partial charge in [0.05, 0.1) is 11.0 Å². The first-order valence-corrected chi connectivity index (χ1v) is 10.9. The highest BCUT2D eigenvalue weighted by Gasteiger charge is 2.13. The Balaban J connectivity index is 1.27. The SMILES string of the molecule is Cn1c(=O)n(C)c2cc([C@@H](O)COc3ccc(CNCCc4ccccc4F)cc3)ccc21. The number of aryl methyl sites for hydroxylation is 2. The van der Waals surface area contributed by atoms with Crippen LogP contribution < -0.4 is 15.7 Å². The van der Waals surface area contributed by atoms with Crippen molar-refractivity contribution >= 4 is 11.0 Å². The molecule has 0 radical (unpaired) electrons. The van der Waals surface area contributed by atoms with Crippen LogP contribution in [0.3, 0.4) is 0 Å². The standard InChI is InChI=1S/C26H28FN3O3/c1-29-23-12-9-20(15-24(23)30(2)26(29)32)25(31)17-33-21-10-7-18(8-11-21)16-28-14-13-19-5-3-4-6-22(19)27/h3-12,15,25,28,31H,13-14,16-17H2,1-2H3/t25-/m0/s1. The number of benzene rings is 3.